The van der Waals surface area contributed by atoms with Crippen LogP contribution >= 0.6 is 23.3 Å². The molecule has 2 atom stereocenters. The van der Waals surface area contributed by atoms with E-state index in [-0.39, 0.29) is 29.0 Å². The van der Waals surface area contributed by atoms with Gasteiger partial charge in [0, 0.05) is 28.4 Å². The molecule has 2 aromatic heterocycles. The fourth-order valence-electron chi connectivity index (χ4n) is 4.86. The molecule has 1 saturated heterocycles. The number of hydrogen-bond acceptors (Lipinski definition) is 11. The van der Waals surface area contributed by atoms with Gasteiger partial charge in [-0.2, -0.15) is 14.0 Å². The summed E-state index contributed by atoms with van der Waals surface area (Å²) in [5, 5.41) is 18.1. The van der Waals surface area contributed by atoms with Crippen LogP contribution in [0.2, 0.25) is 0 Å². The van der Waals surface area contributed by atoms with Crippen LogP contribution in [0.15, 0.2) is 35.3 Å². The first-order valence-corrected chi connectivity index (χ1v) is 13.8. The predicted octanol–water partition coefficient (Wildman–Crippen LogP) is -1.36. The maximum Gasteiger partial charge on any atom is 0.278 e. The number of amides is 2. The number of β-lactam (4-membered cyclic amide) rings is 1. The third-order valence-electron chi connectivity index (χ3n) is 6.66. The van der Waals surface area contributed by atoms with Gasteiger partial charge in [0.25, 0.3) is 11.8 Å². The van der Waals surface area contributed by atoms with Crippen molar-refractivity contribution >= 4 is 51.9 Å². The van der Waals surface area contributed by atoms with Gasteiger partial charge in [-0.05, 0) is 25.7 Å². The number of oxime groups is 1. The van der Waals surface area contributed by atoms with E-state index in [1.165, 1.54) is 34.0 Å². The number of nitrogens with one attached hydrogen (secondary N) is 1. The third-order valence-corrected chi connectivity index (χ3v) is 8.54. The number of hydrogen-bond donors (Lipinski definition) is 2. The van der Waals surface area contributed by atoms with Crippen LogP contribution in [0.4, 0.5) is 5.13 Å². The highest BCUT2D eigenvalue weighted by molar-refractivity contribution is 8.00. The van der Waals surface area contributed by atoms with Crippen LogP contribution in [0.3, 0.4) is 0 Å². The van der Waals surface area contributed by atoms with Crippen molar-refractivity contribution in [3.8, 4) is 0 Å². The minimum absolute atomic E-state index is 0.0374. The molecule has 2 aliphatic heterocycles. The summed E-state index contributed by atoms with van der Waals surface area (Å²) in [6, 6.07) is -0.973. The number of aryl methyl sites for hydroxylation is 1. The van der Waals surface area contributed by atoms with E-state index in [1.807, 2.05) is 11.7 Å². The third kappa shape index (κ3) is 4.67. The maximum atomic E-state index is 13.1. The lowest BCUT2D eigenvalue weighted by atomic mass is 9.98. The Morgan fingerprint density at radius 2 is 2.21 bits per heavy atom. The first-order valence-electron chi connectivity index (χ1n) is 12.0. The number of aliphatic carboxylic acids is 1. The summed E-state index contributed by atoms with van der Waals surface area (Å²) < 4.78 is 8.03. The molecule has 5 rings (SSSR count). The summed E-state index contributed by atoms with van der Waals surface area (Å²) in [6.07, 6.45) is 7.75. The van der Waals surface area contributed by atoms with Crippen LogP contribution in [-0.2, 0) is 45.7 Å². The van der Waals surface area contributed by atoms with E-state index >= 15 is 0 Å². The Labute approximate surface area is 226 Å². The monoisotopic (exact) mass is 558 g/mol. The van der Waals surface area contributed by atoms with E-state index < -0.39 is 29.2 Å². The van der Waals surface area contributed by atoms with Gasteiger partial charge in [0.05, 0.1) is 24.4 Å². The van der Waals surface area contributed by atoms with E-state index in [1.54, 1.807) is 0 Å². The summed E-state index contributed by atoms with van der Waals surface area (Å²) in [7, 11) is 1.96. The van der Waals surface area contributed by atoms with Crippen LogP contribution in [0.25, 0.3) is 0 Å². The minimum atomic E-state index is -1.43. The van der Waals surface area contributed by atoms with Crippen molar-refractivity contribution < 1.29 is 29.0 Å². The van der Waals surface area contributed by atoms with Gasteiger partial charge in [-0.15, -0.1) is 16.4 Å². The average Bonchev–Trinajstić information content (AvgIpc) is 3.47. The number of carboxylic acids is 1. The van der Waals surface area contributed by atoms with Gasteiger partial charge in [-0.25, -0.2) is 0 Å². The zero-order valence-corrected chi connectivity index (χ0v) is 22.2. The molecule has 0 radical (unpaired) electrons. The Kier molecular flexibility index (Phi) is 7.21. The lowest BCUT2D eigenvalue weighted by molar-refractivity contribution is -0.767. The van der Waals surface area contributed by atoms with E-state index in [0.717, 1.165) is 37.2 Å². The quantitative estimate of drug-likeness (QED) is 0.0941. The van der Waals surface area contributed by atoms with Crippen LogP contribution in [-0.4, -0.2) is 66.2 Å². The molecule has 1 fully saturated rings. The minimum Gasteiger partial charge on any atom is -0.543 e. The topological polar surface area (TPSA) is 172 Å². The summed E-state index contributed by atoms with van der Waals surface area (Å²) in [5.74, 6) is -2.42. The molecule has 38 heavy (non-hydrogen) atoms. The molecule has 200 valence electrons. The number of carbonyl (C=O) groups is 3. The number of carboxylic acid groups (broad SMARTS) is 1. The lowest BCUT2D eigenvalue weighted by Gasteiger charge is -2.50. The van der Waals surface area contributed by atoms with Crippen LogP contribution in [0, 0.1) is 0 Å². The van der Waals surface area contributed by atoms with Gasteiger partial charge < -0.3 is 25.8 Å². The molecule has 0 aromatic carbocycles. The molecule has 0 bridgehead atoms. The van der Waals surface area contributed by atoms with Crippen molar-refractivity contribution in [2.75, 3.05) is 18.1 Å². The van der Waals surface area contributed by atoms with Gasteiger partial charge in [-0.1, -0.05) is 17.8 Å². The number of carbonyl (C=O) groups excluding carboxylic acids is 3. The average molecular weight is 559 g/mol. The highest BCUT2D eigenvalue weighted by Crippen LogP contribution is 2.40. The number of fused-ring (bicyclic) bond motifs is 2. The lowest BCUT2D eigenvalue weighted by Crippen LogP contribution is -2.71. The maximum absolute atomic E-state index is 13.1. The van der Waals surface area contributed by atoms with Crippen LogP contribution in [0.1, 0.15) is 29.9 Å². The Morgan fingerprint density at radius 3 is 2.89 bits per heavy atom. The van der Waals surface area contributed by atoms with Crippen molar-refractivity contribution in [2.45, 2.75) is 43.6 Å². The van der Waals surface area contributed by atoms with Crippen LogP contribution < -0.4 is 20.8 Å². The molecule has 4 heterocycles. The number of nitrogens with two attached hydrogens (primary N) is 1. The molecule has 3 N–H and O–H groups in total. The van der Waals surface area contributed by atoms with Gasteiger partial charge >= 0.3 is 0 Å². The van der Waals surface area contributed by atoms with Crippen LogP contribution in [0.5, 0.6) is 0 Å². The molecule has 1 aliphatic carbocycles. The van der Waals surface area contributed by atoms with Gasteiger partial charge in [0.15, 0.2) is 17.9 Å². The Balaban J connectivity index is 1.35. The molecular formula is C23H26N8O5S2. The molecule has 2 amide bonds. The SMILES string of the molecule is C=CCON=C(C(=O)NC1C(=O)N2C(C(=O)[O-])=C(C[n+]3cc4c(n3C)CCCC4)CS[C@H]12)c1nsc(N)n1. The summed E-state index contributed by atoms with van der Waals surface area (Å²) in [4.78, 5) is 48.6. The fraction of sp³-hybridized carbons (Fsp3) is 0.435. The van der Waals surface area contributed by atoms with Crippen molar-refractivity contribution in [3.63, 3.8) is 0 Å². The number of nitrogen functional groups attached to an aromatic ring is 1. The fourth-order valence-corrected chi connectivity index (χ4v) is 6.63. The molecule has 1 unspecified atom stereocenters. The highest BCUT2D eigenvalue weighted by atomic mass is 32.2. The second kappa shape index (κ2) is 10.6. The molecular weight excluding hydrogens is 532 g/mol. The Hall–Kier alpha value is -3.72. The van der Waals surface area contributed by atoms with Crippen molar-refractivity contribution in [1.82, 2.24) is 24.3 Å². The summed E-state index contributed by atoms with van der Waals surface area (Å²) in [6.45, 7) is 3.88. The molecule has 13 nitrogen and oxygen atoms in total. The second-order valence-electron chi connectivity index (χ2n) is 9.01. The van der Waals surface area contributed by atoms with Gasteiger partial charge in [0.1, 0.15) is 18.0 Å². The number of anilines is 1. The Bertz CT molecular complexity index is 1380. The predicted molar refractivity (Wildman–Crippen MR) is 136 cm³/mol. The smallest absolute Gasteiger partial charge is 0.278 e. The zero-order chi connectivity index (χ0) is 27.0. The number of rotatable bonds is 9. The highest BCUT2D eigenvalue weighted by Gasteiger charge is 2.53. The Morgan fingerprint density at radius 1 is 1.42 bits per heavy atom. The zero-order valence-electron chi connectivity index (χ0n) is 20.6. The molecule has 3 aliphatic rings. The molecule has 15 heteroatoms. The standard InChI is InChI=1S/C23H26N8O5S2/c1-3-8-36-27-15(18-26-23(24)38-28-18)19(32)25-16-20(33)31-17(22(34)35)13(11-37-21(16)31)10-30-9-12-6-4-5-7-14(12)29(30)2/h3,9,16,21H,1,4-8,10-11H2,2H3,(H3-,24,25,26,28,32,34,35)/t16?,21-/m1/s1. The van der Waals surface area contributed by atoms with Crippen molar-refractivity contribution in [2.24, 2.45) is 12.2 Å². The second-order valence-corrected chi connectivity index (χ2v) is 10.9. The largest absolute Gasteiger partial charge is 0.543 e. The van der Waals surface area contributed by atoms with E-state index in [2.05, 4.69) is 37.3 Å². The van der Waals surface area contributed by atoms with Gasteiger partial charge in [0.2, 0.25) is 11.5 Å². The van der Waals surface area contributed by atoms with Crippen molar-refractivity contribution in [3.05, 3.63) is 47.2 Å². The summed E-state index contributed by atoms with van der Waals surface area (Å²) >= 11 is 2.25. The number of nitrogens with zero attached hydrogens (tertiary/aromatic N) is 6. The summed E-state index contributed by atoms with van der Waals surface area (Å²) in [5.41, 5.74) is 8.33. The first-order chi connectivity index (χ1) is 18.3. The normalized spacial score (nSPS) is 20.9. The molecule has 2 aromatic rings. The number of aromatic nitrogens is 4. The van der Waals surface area contributed by atoms with Crippen molar-refractivity contribution in [1.29, 1.82) is 0 Å². The molecule has 0 saturated carbocycles. The number of thioether (sulfide) groups is 1. The van der Waals surface area contributed by atoms with E-state index in [9.17, 15) is 19.5 Å². The van der Waals surface area contributed by atoms with E-state index in [0.29, 0.717) is 17.9 Å². The molecule has 0 spiro atoms. The van der Waals surface area contributed by atoms with Gasteiger partial charge in [-0.3, -0.25) is 14.5 Å². The van der Waals surface area contributed by atoms with E-state index in [4.69, 9.17) is 10.6 Å². The first kappa shape index (κ1) is 25.9.